The number of esters is 1. The number of rotatable bonds is 5. The molecule has 0 amide bonds. The Morgan fingerprint density at radius 3 is 3.00 bits per heavy atom. The Labute approximate surface area is 116 Å². The molecular weight excluding hydrogens is 258 g/mol. The summed E-state index contributed by atoms with van der Waals surface area (Å²) in [5, 5.41) is 0.753. The minimum absolute atomic E-state index is 0.0563. The van der Waals surface area contributed by atoms with Crippen molar-refractivity contribution in [3.63, 3.8) is 0 Å². The van der Waals surface area contributed by atoms with Crippen molar-refractivity contribution in [2.75, 3.05) is 13.2 Å². The average molecular weight is 275 g/mol. The van der Waals surface area contributed by atoms with E-state index in [9.17, 15) is 9.59 Å². The van der Waals surface area contributed by atoms with Gasteiger partial charge in [0.1, 0.15) is 11.2 Å². The normalized spacial score (nSPS) is 10.7. The number of aryl methyl sites for hydroxylation is 1. The zero-order chi connectivity index (χ0) is 14.5. The third kappa shape index (κ3) is 2.70. The van der Waals surface area contributed by atoms with Gasteiger partial charge >= 0.3 is 5.97 Å². The topological polar surface area (TPSA) is 98.1 Å². The molecule has 0 aliphatic heterocycles. The molecule has 106 valence electrons. The van der Waals surface area contributed by atoms with Crippen molar-refractivity contribution in [2.45, 2.75) is 19.8 Å². The summed E-state index contributed by atoms with van der Waals surface area (Å²) >= 11 is 0. The largest absolute Gasteiger partial charge is 0.462 e. The molecule has 0 atom stereocenters. The van der Waals surface area contributed by atoms with E-state index in [0.29, 0.717) is 30.6 Å². The average Bonchev–Trinajstić information content (AvgIpc) is 2.44. The number of fused-ring (bicyclic) bond motifs is 1. The molecule has 6 nitrogen and oxygen atoms in total. The number of ether oxygens (including phenoxy) is 1. The highest BCUT2D eigenvalue weighted by Gasteiger charge is 2.20. The molecule has 0 bridgehead atoms. The molecule has 0 saturated carbocycles. The fourth-order valence-corrected chi connectivity index (χ4v) is 2.15. The van der Waals surface area contributed by atoms with E-state index in [1.165, 1.54) is 0 Å². The standard InChI is InChI=1S/C14H17N3O3/c1-2-20-14(19)11-9(5-3-7-15)10-6-4-8-16-12(10)17-13(11)18/h4,6,8H,2-3,5,7,15H2,1H3,(H,16,17,18). The second-order valence-electron chi connectivity index (χ2n) is 4.32. The zero-order valence-corrected chi connectivity index (χ0v) is 11.3. The fraction of sp³-hybridized carbons (Fsp3) is 0.357. The lowest BCUT2D eigenvalue weighted by Crippen LogP contribution is -2.23. The Morgan fingerprint density at radius 2 is 2.30 bits per heavy atom. The number of nitrogens with one attached hydrogen (secondary N) is 1. The maximum absolute atomic E-state index is 12.1. The molecule has 0 saturated heterocycles. The van der Waals surface area contributed by atoms with Gasteiger partial charge in [-0.05, 0) is 44.0 Å². The van der Waals surface area contributed by atoms with Crippen molar-refractivity contribution >= 4 is 17.0 Å². The van der Waals surface area contributed by atoms with Crippen LogP contribution >= 0.6 is 0 Å². The van der Waals surface area contributed by atoms with Crippen LogP contribution in [0.25, 0.3) is 11.0 Å². The smallest absolute Gasteiger partial charge is 0.344 e. The van der Waals surface area contributed by atoms with Crippen molar-refractivity contribution in [1.29, 1.82) is 0 Å². The fourth-order valence-electron chi connectivity index (χ4n) is 2.15. The van der Waals surface area contributed by atoms with E-state index in [0.717, 1.165) is 5.39 Å². The van der Waals surface area contributed by atoms with Gasteiger partial charge in [0.2, 0.25) is 0 Å². The molecule has 20 heavy (non-hydrogen) atoms. The van der Waals surface area contributed by atoms with Crippen molar-refractivity contribution in [3.8, 4) is 0 Å². The first-order valence-electron chi connectivity index (χ1n) is 6.56. The van der Waals surface area contributed by atoms with Crippen LogP contribution in [0.5, 0.6) is 0 Å². The molecule has 6 heteroatoms. The molecule has 2 rings (SSSR count). The number of nitrogens with zero attached hydrogens (tertiary/aromatic N) is 1. The van der Waals surface area contributed by atoms with Crippen LogP contribution in [0.1, 0.15) is 29.3 Å². The summed E-state index contributed by atoms with van der Waals surface area (Å²) < 4.78 is 4.97. The summed E-state index contributed by atoms with van der Waals surface area (Å²) in [5.74, 6) is -0.605. The summed E-state index contributed by atoms with van der Waals surface area (Å²) in [5.41, 5.74) is 6.23. The second-order valence-corrected chi connectivity index (χ2v) is 4.32. The maximum Gasteiger partial charge on any atom is 0.344 e. The molecule has 0 unspecified atom stereocenters. The highest BCUT2D eigenvalue weighted by Crippen LogP contribution is 2.19. The highest BCUT2D eigenvalue weighted by atomic mass is 16.5. The van der Waals surface area contributed by atoms with Crippen LogP contribution in [0, 0.1) is 0 Å². The number of carbonyl (C=O) groups is 1. The molecule has 0 aromatic carbocycles. The Bertz CT molecular complexity index is 679. The number of pyridine rings is 2. The molecule has 0 spiro atoms. The minimum atomic E-state index is -0.605. The van der Waals surface area contributed by atoms with Gasteiger partial charge in [-0.3, -0.25) is 4.79 Å². The Balaban J connectivity index is 2.67. The zero-order valence-electron chi connectivity index (χ0n) is 11.3. The van der Waals surface area contributed by atoms with Crippen molar-refractivity contribution in [2.24, 2.45) is 5.73 Å². The lowest BCUT2D eigenvalue weighted by atomic mass is 10.0. The third-order valence-corrected chi connectivity index (χ3v) is 3.00. The summed E-state index contributed by atoms with van der Waals surface area (Å²) in [6.45, 7) is 2.41. The third-order valence-electron chi connectivity index (χ3n) is 3.00. The van der Waals surface area contributed by atoms with Crippen LogP contribution in [0.15, 0.2) is 23.1 Å². The summed E-state index contributed by atoms with van der Waals surface area (Å²) in [6, 6.07) is 3.59. The van der Waals surface area contributed by atoms with E-state index in [4.69, 9.17) is 10.5 Å². The monoisotopic (exact) mass is 275 g/mol. The van der Waals surface area contributed by atoms with E-state index in [1.54, 1.807) is 19.2 Å². The van der Waals surface area contributed by atoms with Gasteiger partial charge in [-0.1, -0.05) is 0 Å². The Hall–Kier alpha value is -2.21. The van der Waals surface area contributed by atoms with Crippen molar-refractivity contribution in [1.82, 2.24) is 9.97 Å². The van der Waals surface area contributed by atoms with E-state index < -0.39 is 11.5 Å². The lowest BCUT2D eigenvalue weighted by Gasteiger charge is -2.10. The Morgan fingerprint density at radius 1 is 1.50 bits per heavy atom. The van der Waals surface area contributed by atoms with Crippen LogP contribution in [-0.2, 0) is 11.2 Å². The number of carbonyl (C=O) groups excluding carboxylic acids is 1. The van der Waals surface area contributed by atoms with Gasteiger partial charge in [-0.15, -0.1) is 0 Å². The number of aromatic nitrogens is 2. The van der Waals surface area contributed by atoms with Crippen LogP contribution in [0.4, 0.5) is 0 Å². The lowest BCUT2D eigenvalue weighted by molar-refractivity contribution is 0.0523. The summed E-state index contributed by atoms with van der Waals surface area (Å²) in [6.07, 6.45) is 2.81. The molecular formula is C14H17N3O3. The number of H-pyrrole nitrogens is 1. The first-order valence-corrected chi connectivity index (χ1v) is 6.56. The number of hydrogen-bond donors (Lipinski definition) is 2. The van der Waals surface area contributed by atoms with Gasteiger partial charge in [0.15, 0.2) is 0 Å². The van der Waals surface area contributed by atoms with E-state index in [1.807, 2.05) is 6.07 Å². The quantitative estimate of drug-likeness (QED) is 0.793. The summed E-state index contributed by atoms with van der Waals surface area (Å²) in [7, 11) is 0. The minimum Gasteiger partial charge on any atom is -0.462 e. The first kappa shape index (κ1) is 14.2. The van der Waals surface area contributed by atoms with Gasteiger partial charge < -0.3 is 15.5 Å². The van der Waals surface area contributed by atoms with Crippen LogP contribution in [0.3, 0.4) is 0 Å². The van der Waals surface area contributed by atoms with E-state index in [2.05, 4.69) is 9.97 Å². The van der Waals surface area contributed by atoms with E-state index in [-0.39, 0.29) is 12.2 Å². The molecule has 0 aliphatic carbocycles. The number of aromatic amines is 1. The van der Waals surface area contributed by atoms with Gasteiger partial charge in [-0.2, -0.15) is 0 Å². The van der Waals surface area contributed by atoms with Crippen LogP contribution in [-0.4, -0.2) is 29.1 Å². The van der Waals surface area contributed by atoms with Gasteiger partial charge in [-0.25, -0.2) is 9.78 Å². The van der Waals surface area contributed by atoms with Gasteiger partial charge in [0.25, 0.3) is 5.56 Å². The van der Waals surface area contributed by atoms with Crippen LogP contribution < -0.4 is 11.3 Å². The number of hydrogen-bond acceptors (Lipinski definition) is 5. The molecule has 0 aliphatic rings. The predicted molar refractivity (Wildman–Crippen MR) is 75.7 cm³/mol. The highest BCUT2D eigenvalue weighted by molar-refractivity contribution is 5.96. The molecule has 2 aromatic heterocycles. The van der Waals surface area contributed by atoms with Gasteiger partial charge in [0.05, 0.1) is 6.61 Å². The van der Waals surface area contributed by atoms with Gasteiger partial charge in [0, 0.05) is 11.6 Å². The predicted octanol–water partition coefficient (Wildman–Crippen LogP) is 0.991. The van der Waals surface area contributed by atoms with E-state index >= 15 is 0 Å². The molecule has 2 aromatic rings. The van der Waals surface area contributed by atoms with Crippen molar-refractivity contribution < 1.29 is 9.53 Å². The molecule has 0 radical (unpaired) electrons. The second kappa shape index (κ2) is 6.29. The summed E-state index contributed by atoms with van der Waals surface area (Å²) in [4.78, 5) is 30.8. The first-order chi connectivity index (χ1) is 9.69. The SMILES string of the molecule is CCOC(=O)c1c(CCCN)c2cccnc2[nH]c1=O. The maximum atomic E-state index is 12.1. The Kier molecular flexibility index (Phi) is 4.47. The molecule has 3 N–H and O–H groups in total. The molecule has 2 heterocycles. The van der Waals surface area contributed by atoms with Crippen LogP contribution in [0.2, 0.25) is 0 Å². The number of nitrogens with two attached hydrogens (primary N) is 1. The molecule has 0 fully saturated rings. The van der Waals surface area contributed by atoms with Crippen molar-refractivity contribution in [3.05, 3.63) is 39.8 Å².